The van der Waals surface area contributed by atoms with E-state index in [1.807, 2.05) is 13.0 Å². The van der Waals surface area contributed by atoms with Gasteiger partial charge in [0.15, 0.2) is 5.78 Å². The van der Waals surface area contributed by atoms with Gasteiger partial charge in [-0.3, -0.25) is 4.79 Å². The van der Waals surface area contributed by atoms with Crippen LogP contribution in [0.4, 0.5) is 0 Å². The number of ketones is 1. The maximum absolute atomic E-state index is 11.7. The number of rotatable bonds is 1. The summed E-state index contributed by atoms with van der Waals surface area (Å²) >= 11 is 0. The predicted octanol–water partition coefficient (Wildman–Crippen LogP) is 2.47. The summed E-state index contributed by atoms with van der Waals surface area (Å²) in [6.07, 6.45) is 3.19. The van der Waals surface area contributed by atoms with Crippen molar-refractivity contribution in [2.24, 2.45) is 0 Å². The fourth-order valence-electron chi connectivity index (χ4n) is 2.13. The van der Waals surface area contributed by atoms with Gasteiger partial charge in [0.05, 0.1) is 0 Å². The molecule has 14 heavy (non-hydrogen) atoms. The molecule has 0 heterocycles. The fourth-order valence-corrected chi connectivity index (χ4v) is 2.13. The van der Waals surface area contributed by atoms with Crippen LogP contribution in [0.25, 0.3) is 0 Å². The Bertz CT molecular complexity index is 380. The van der Waals surface area contributed by atoms with Gasteiger partial charge >= 0.3 is 0 Å². The number of carbonyl (C=O) groups excluding carboxylic acids is 1. The highest BCUT2D eigenvalue weighted by Gasteiger charge is 2.22. The number of aromatic hydroxyl groups is 1. The molecule has 2 rings (SSSR count). The van der Waals surface area contributed by atoms with E-state index < -0.39 is 0 Å². The van der Waals surface area contributed by atoms with Gasteiger partial charge in [-0.2, -0.15) is 0 Å². The van der Waals surface area contributed by atoms with E-state index in [-0.39, 0.29) is 11.5 Å². The lowest BCUT2D eigenvalue weighted by molar-refractivity contribution is 0.0970. The van der Waals surface area contributed by atoms with Crippen molar-refractivity contribution in [3.8, 4) is 5.75 Å². The summed E-state index contributed by atoms with van der Waals surface area (Å²) in [6.45, 7) is 2.04. The van der Waals surface area contributed by atoms with Crippen LogP contribution in [0.15, 0.2) is 12.1 Å². The van der Waals surface area contributed by atoms with Gasteiger partial charge in [-0.05, 0) is 30.9 Å². The van der Waals surface area contributed by atoms with E-state index in [1.54, 1.807) is 6.07 Å². The smallest absolute Gasteiger partial charge is 0.163 e. The molecule has 0 radical (unpaired) electrons. The van der Waals surface area contributed by atoms with E-state index in [1.165, 1.54) is 0 Å². The highest BCUT2D eigenvalue weighted by molar-refractivity contribution is 6.00. The molecule has 0 saturated heterocycles. The zero-order valence-corrected chi connectivity index (χ0v) is 8.34. The molecule has 0 unspecified atom stereocenters. The van der Waals surface area contributed by atoms with E-state index in [0.717, 1.165) is 36.0 Å². The van der Waals surface area contributed by atoms with Gasteiger partial charge in [-0.1, -0.05) is 13.0 Å². The van der Waals surface area contributed by atoms with Crippen molar-refractivity contribution in [2.45, 2.75) is 32.6 Å². The first-order valence-electron chi connectivity index (χ1n) is 5.11. The van der Waals surface area contributed by atoms with Gasteiger partial charge in [-0.15, -0.1) is 0 Å². The second-order valence-electron chi connectivity index (χ2n) is 3.73. The molecule has 0 fully saturated rings. The molecule has 1 aromatic rings. The number of carbonyl (C=O) groups is 1. The van der Waals surface area contributed by atoms with Crippen LogP contribution in [0, 0.1) is 0 Å². The number of phenolic OH excluding ortho intramolecular Hbond substituents is 1. The highest BCUT2D eigenvalue weighted by atomic mass is 16.3. The molecule has 0 aromatic heterocycles. The molecule has 74 valence electrons. The Labute approximate surface area is 83.6 Å². The van der Waals surface area contributed by atoms with Crippen LogP contribution < -0.4 is 0 Å². The summed E-state index contributed by atoms with van der Waals surface area (Å²) in [6, 6.07) is 3.56. The molecule has 0 atom stereocenters. The molecule has 1 aliphatic rings. The molecule has 0 bridgehead atoms. The van der Waals surface area contributed by atoms with E-state index in [4.69, 9.17) is 0 Å². The first-order chi connectivity index (χ1) is 6.74. The largest absolute Gasteiger partial charge is 0.508 e. The van der Waals surface area contributed by atoms with Gasteiger partial charge in [0, 0.05) is 17.5 Å². The third-order valence-electron chi connectivity index (χ3n) is 2.86. The van der Waals surface area contributed by atoms with Crippen LogP contribution in [0.5, 0.6) is 5.75 Å². The molecule has 2 heteroatoms. The fraction of sp³-hybridized carbons (Fsp3) is 0.417. The van der Waals surface area contributed by atoms with Crippen molar-refractivity contribution in [3.63, 3.8) is 0 Å². The number of Topliss-reactive ketones (excluding diaryl/α,β-unsaturated/α-hetero) is 1. The van der Waals surface area contributed by atoms with E-state index in [2.05, 4.69) is 0 Å². The Morgan fingerprint density at radius 3 is 2.86 bits per heavy atom. The Balaban J connectivity index is 2.64. The second-order valence-corrected chi connectivity index (χ2v) is 3.73. The summed E-state index contributed by atoms with van der Waals surface area (Å²) in [5.74, 6) is 0.476. The lowest BCUT2D eigenvalue weighted by Crippen LogP contribution is -2.13. The third-order valence-corrected chi connectivity index (χ3v) is 2.86. The van der Waals surface area contributed by atoms with Crippen LogP contribution in [-0.2, 0) is 12.8 Å². The van der Waals surface area contributed by atoms with Crippen LogP contribution in [0.3, 0.4) is 0 Å². The summed E-state index contributed by atoms with van der Waals surface area (Å²) in [5, 5.41) is 9.64. The Hall–Kier alpha value is -1.31. The Morgan fingerprint density at radius 2 is 2.14 bits per heavy atom. The summed E-state index contributed by atoms with van der Waals surface area (Å²) in [4.78, 5) is 11.7. The first kappa shape index (κ1) is 9.25. The number of phenols is 1. The molecular formula is C12H14O2. The predicted molar refractivity (Wildman–Crippen MR) is 54.8 cm³/mol. The summed E-state index contributed by atoms with van der Waals surface area (Å²) in [5.41, 5.74) is 2.72. The molecule has 1 aromatic carbocycles. The molecule has 0 saturated carbocycles. The van der Waals surface area contributed by atoms with Crippen LogP contribution in [0.2, 0.25) is 0 Å². The van der Waals surface area contributed by atoms with E-state index in [0.29, 0.717) is 6.42 Å². The van der Waals surface area contributed by atoms with Gasteiger partial charge < -0.3 is 5.11 Å². The maximum Gasteiger partial charge on any atom is 0.163 e. The van der Waals surface area contributed by atoms with Crippen molar-refractivity contribution in [1.82, 2.24) is 0 Å². The first-order valence-corrected chi connectivity index (χ1v) is 5.11. The molecule has 0 amide bonds. The normalized spacial score (nSPS) is 15.4. The van der Waals surface area contributed by atoms with Gasteiger partial charge in [0.1, 0.15) is 5.75 Å². The number of benzene rings is 1. The van der Waals surface area contributed by atoms with Crippen molar-refractivity contribution >= 4 is 5.78 Å². The van der Waals surface area contributed by atoms with Crippen LogP contribution in [-0.4, -0.2) is 10.9 Å². The Morgan fingerprint density at radius 1 is 1.36 bits per heavy atom. The zero-order chi connectivity index (χ0) is 10.1. The zero-order valence-electron chi connectivity index (χ0n) is 8.34. The molecule has 1 aliphatic carbocycles. The molecule has 0 aliphatic heterocycles. The molecule has 1 N–H and O–H groups in total. The number of aryl methyl sites for hydroxylation is 1. The average molecular weight is 190 g/mol. The standard InChI is InChI=1S/C12H14O2/c1-2-8-6-7-10(13)9-4-3-5-11(14)12(8)9/h6-7,13H,2-5H2,1H3. The van der Waals surface area contributed by atoms with Crippen molar-refractivity contribution in [3.05, 3.63) is 28.8 Å². The third kappa shape index (κ3) is 1.31. The SMILES string of the molecule is CCc1ccc(O)c2c1C(=O)CCC2. The maximum atomic E-state index is 11.7. The number of hydrogen-bond acceptors (Lipinski definition) is 2. The van der Waals surface area contributed by atoms with E-state index in [9.17, 15) is 9.90 Å². The molecular weight excluding hydrogens is 176 g/mol. The average Bonchev–Trinajstić information content (AvgIpc) is 2.20. The highest BCUT2D eigenvalue weighted by Crippen LogP contribution is 2.31. The van der Waals surface area contributed by atoms with Crippen molar-refractivity contribution in [2.75, 3.05) is 0 Å². The lowest BCUT2D eigenvalue weighted by atomic mass is 9.86. The minimum atomic E-state index is 0.194. The van der Waals surface area contributed by atoms with Gasteiger partial charge in [0.2, 0.25) is 0 Å². The van der Waals surface area contributed by atoms with Crippen LogP contribution in [0.1, 0.15) is 41.3 Å². The second kappa shape index (κ2) is 3.45. The number of hydrogen-bond donors (Lipinski definition) is 1. The Kier molecular flexibility index (Phi) is 2.28. The topological polar surface area (TPSA) is 37.3 Å². The number of fused-ring (bicyclic) bond motifs is 1. The van der Waals surface area contributed by atoms with Crippen molar-refractivity contribution < 1.29 is 9.90 Å². The lowest BCUT2D eigenvalue weighted by Gasteiger charge is -2.18. The van der Waals surface area contributed by atoms with Gasteiger partial charge in [-0.25, -0.2) is 0 Å². The monoisotopic (exact) mass is 190 g/mol. The molecule has 2 nitrogen and oxygen atoms in total. The summed E-state index contributed by atoms with van der Waals surface area (Å²) in [7, 11) is 0. The summed E-state index contributed by atoms with van der Waals surface area (Å²) < 4.78 is 0. The minimum Gasteiger partial charge on any atom is -0.508 e. The van der Waals surface area contributed by atoms with Gasteiger partial charge in [0.25, 0.3) is 0 Å². The van der Waals surface area contributed by atoms with Crippen molar-refractivity contribution in [1.29, 1.82) is 0 Å². The van der Waals surface area contributed by atoms with E-state index >= 15 is 0 Å². The quantitative estimate of drug-likeness (QED) is 0.738. The minimum absolute atomic E-state index is 0.194. The molecule has 0 spiro atoms. The van der Waals surface area contributed by atoms with Crippen LogP contribution >= 0.6 is 0 Å².